The fraction of sp³-hybridized carbons (Fsp3) is 0.353. The highest BCUT2D eigenvalue weighted by atomic mass is 35.5. The van der Waals surface area contributed by atoms with Gasteiger partial charge in [-0.25, -0.2) is 0 Å². The summed E-state index contributed by atoms with van der Waals surface area (Å²) in [6.45, 7) is 3.75. The molecule has 0 aliphatic heterocycles. The molecule has 0 saturated carbocycles. The molecule has 1 aromatic heterocycles. The third-order valence-corrected chi connectivity index (χ3v) is 4.22. The van der Waals surface area contributed by atoms with Crippen molar-refractivity contribution in [1.82, 2.24) is 14.9 Å². The normalized spacial score (nSPS) is 11.4. The minimum atomic E-state index is -0.277. The predicted octanol–water partition coefficient (Wildman–Crippen LogP) is 2.55. The monoisotopic (exact) mass is 395 g/mol. The molecule has 1 aromatic carbocycles. The zero-order valence-electron chi connectivity index (χ0n) is 14.7. The van der Waals surface area contributed by atoms with Crippen LogP contribution in [0.5, 0.6) is 5.75 Å². The molecule has 0 fully saturated rings. The molecule has 0 aliphatic rings. The second-order valence-electron chi connectivity index (χ2n) is 5.46. The summed E-state index contributed by atoms with van der Waals surface area (Å²) < 4.78 is 7.60. The number of hydrogen-bond acceptors (Lipinski definition) is 4. The maximum absolute atomic E-state index is 12.0. The number of nitrogens with zero attached hydrogens (tertiary/aromatic N) is 2. The molecule has 0 saturated heterocycles. The smallest absolute Gasteiger partial charge is 0.252 e. The molecule has 0 bridgehead atoms. The number of nitrogens with two attached hydrogens (primary N) is 1. The Hall–Kier alpha value is -2.32. The number of benzene rings is 1. The maximum Gasteiger partial charge on any atom is 0.252 e. The van der Waals surface area contributed by atoms with E-state index in [4.69, 9.17) is 34.3 Å². The van der Waals surface area contributed by atoms with E-state index in [-0.39, 0.29) is 5.56 Å². The summed E-state index contributed by atoms with van der Waals surface area (Å²) in [5.74, 6) is 1.02. The van der Waals surface area contributed by atoms with Crippen LogP contribution in [0.2, 0.25) is 5.02 Å². The lowest BCUT2D eigenvalue weighted by atomic mass is 10.1. The molecular formula is C17H22ClN5O2S. The molecule has 0 radical (unpaired) electrons. The molecule has 0 unspecified atom stereocenters. The number of aromatic nitrogens is 2. The summed E-state index contributed by atoms with van der Waals surface area (Å²) in [4.78, 5) is 18.7. The molecule has 0 amide bonds. The van der Waals surface area contributed by atoms with Gasteiger partial charge in [0.05, 0.1) is 12.8 Å². The largest absolute Gasteiger partial charge is 0.496 e. The van der Waals surface area contributed by atoms with Gasteiger partial charge in [0.25, 0.3) is 5.56 Å². The number of nitrogens with one attached hydrogen (secondary N) is 2. The van der Waals surface area contributed by atoms with Crippen molar-refractivity contribution in [2.75, 3.05) is 20.2 Å². The van der Waals surface area contributed by atoms with Crippen molar-refractivity contribution in [3.05, 3.63) is 44.4 Å². The van der Waals surface area contributed by atoms with E-state index >= 15 is 0 Å². The van der Waals surface area contributed by atoms with Crippen molar-refractivity contribution in [2.45, 2.75) is 19.9 Å². The van der Waals surface area contributed by atoms with Gasteiger partial charge in [-0.2, -0.15) is 0 Å². The number of halogens is 1. The highest BCUT2D eigenvalue weighted by Gasteiger charge is 2.12. The third kappa shape index (κ3) is 5.09. The molecule has 0 atom stereocenters. The van der Waals surface area contributed by atoms with Crippen LogP contribution in [0.1, 0.15) is 13.3 Å². The number of H-pyrrole nitrogens is 1. The average Bonchev–Trinajstić information content (AvgIpc) is 2.60. The van der Waals surface area contributed by atoms with Crippen LogP contribution in [-0.4, -0.2) is 35.7 Å². The number of ether oxygens (including phenoxy) is 1. The van der Waals surface area contributed by atoms with Crippen molar-refractivity contribution in [3.63, 3.8) is 0 Å². The fourth-order valence-corrected chi connectivity index (χ4v) is 2.99. The van der Waals surface area contributed by atoms with Gasteiger partial charge in [-0.15, -0.1) is 0 Å². The fourth-order valence-electron chi connectivity index (χ4n) is 2.53. The van der Waals surface area contributed by atoms with Gasteiger partial charge in [0.15, 0.2) is 10.7 Å². The van der Waals surface area contributed by atoms with Crippen LogP contribution in [0.15, 0.2) is 34.1 Å². The number of aromatic amines is 1. The van der Waals surface area contributed by atoms with Crippen LogP contribution in [0.25, 0.3) is 11.3 Å². The molecule has 4 N–H and O–H groups in total. The van der Waals surface area contributed by atoms with E-state index in [2.05, 4.69) is 15.3 Å². The van der Waals surface area contributed by atoms with Crippen molar-refractivity contribution in [3.8, 4) is 17.0 Å². The maximum atomic E-state index is 12.0. The van der Waals surface area contributed by atoms with Gasteiger partial charge in [-0.05, 0) is 43.8 Å². The van der Waals surface area contributed by atoms with E-state index < -0.39 is 0 Å². The molecular weight excluding hydrogens is 374 g/mol. The van der Waals surface area contributed by atoms with E-state index in [0.29, 0.717) is 52.4 Å². The lowest BCUT2D eigenvalue weighted by molar-refractivity contribution is 0.416. The lowest BCUT2D eigenvalue weighted by Crippen LogP contribution is -2.33. The van der Waals surface area contributed by atoms with Crippen LogP contribution >= 0.6 is 23.8 Å². The predicted molar refractivity (Wildman–Crippen MR) is 108 cm³/mol. The molecule has 26 heavy (non-hydrogen) atoms. The SMILES string of the molecule is CC/N=C(/N)NCCCn1c(-c2cc(Cl)ccc2OC)cc(=O)[nH]c1=S. The zero-order valence-corrected chi connectivity index (χ0v) is 16.3. The van der Waals surface area contributed by atoms with E-state index in [0.717, 1.165) is 6.42 Å². The van der Waals surface area contributed by atoms with E-state index in [9.17, 15) is 4.79 Å². The van der Waals surface area contributed by atoms with Gasteiger partial charge >= 0.3 is 0 Å². The molecule has 0 aliphatic carbocycles. The van der Waals surface area contributed by atoms with Crippen LogP contribution in [0, 0.1) is 4.77 Å². The summed E-state index contributed by atoms with van der Waals surface area (Å²) in [5.41, 5.74) is 6.80. The van der Waals surface area contributed by atoms with Crippen LogP contribution in [-0.2, 0) is 6.54 Å². The van der Waals surface area contributed by atoms with Crippen LogP contribution in [0.4, 0.5) is 0 Å². The van der Waals surface area contributed by atoms with Gasteiger partial charge in [0.1, 0.15) is 5.75 Å². The van der Waals surface area contributed by atoms with Crippen LogP contribution < -0.4 is 21.3 Å². The quantitative estimate of drug-likeness (QED) is 0.289. The Morgan fingerprint density at radius 3 is 2.92 bits per heavy atom. The first kappa shape index (κ1) is 20.0. The van der Waals surface area contributed by atoms with Gasteiger partial charge in [0, 0.05) is 36.3 Å². The number of rotatable bonds is 7. The molecule has 7 nitrogen and oxygen atoms in total. The lowest BCUT2D eigenvalue weighted by Gasteiger charge is -2.16. The number of methoxy groups -OCH3 is 1. The molecule has 0 spiro atoms. The minimum absolute atomic E-state index is 0.277. The first-order valence-electron chi connectivity index (χ1n) is 8.18. The van der Waals surface area contributed by atoms with Crippen molar-refractivity contribution < 1.29 is 4.74 Å². The number of guanidine groups is 1. The zero-order chi connectivity index (χ0) is 19.1. The van der Waals surface area contributed by atoms with Crippen molar-refractivity contribution in [1.29, 1.82) is 0 Å². The van der Waals surface area contributed by atoms with E-state index in [1.54, 1.807) is 25.3 Å². The van der Waals surface area contributed by atoms with Crippen LogP contribution in [0.3, 0.4) is 0 Å². The van der Waals surface area contributed by atoms with Gasteiger partial charge in [-0.3, -0.25) is 14.8 Å². The van der Waals surface area contributed by atoms with E-state index in [1.807, 2.05) is 11.5 Å². The molecule has 2 aromatic rings. The summed E-state index contributed by atoms with van der Waals surface area (Å²) >= 11 is 11.5. The standard InChI is InChI=1S/C17H22ClN5O2S/c1-3-20-16(19)21-7-4-8-23-13(10-15(24)22-17(23)26)12-9-11(18)5-6-14(12)25-2/h5-6,9-10H,3-4,7-8H2,1-2H3,(H3,19,20,21)(H,22,24,26). The van der Waals surface area contributed by atoms with Gasteiger partial charge in [0.2, 0.25) is 0 Å². The Kier molecular flexibility index (Phi) is 7.23. The van der Waals surface area contributed by atoms with Gasteiger partial charge < -0.3 is 20.4 Å². The first-order chi connectivity index (χ1) is 12.5. The Morgan fingerprint density at radius 2 is 2.23 bits per heavy atom. The number of aliphatic imine (C=N–C) groups is 1. The summed E-state index contributed by atoms with van der Waals surface area (Å²) in [6.07, 6.45) is 0.732. The Bertz CT molecular complexity index is 907. The second kappa shape index (κ2) is 9.40. The minimum Gasteiger partial charge on any atom is -0.496 e. The topological polar surface area (TPSA) is 97.4 Å². The Labute approximate surface area is 161 Å². The van der Waals surface area contributed by atoms with Gasteiger partial charge in [-0.1, -0.05) is 11.6 Å². The highest BCUT2D eigenvalue weighted by molar-refractivity contribution is 7.71. The number of hydrogen-bond donors (Lipinski definition) is 3. The first-order valence-corrected chi connectivity index (χ1v) is 8.96. The molecule has 2 rings (SSSR count). The Balaban J connectivity index is 2.33. The van der Waals surface area contributed by atoms with E-state index in [1.165, 1.54) is 6.07 Å². The Morgan fingerprint density at radius 1 is 1.46 bits per heavy atom. The summed E-state index contributed by atoms with van der Waals surface area (Å²) in [7, 11) is 1.57. The molecule has 140 valence electrons. The summed E-state index contributed by atoms with van der Waals surface area (Å²) in [6, 6.07) is 6.74. The third-order valence-electron chi connectivity index (χ3n) is 3.66. The molecule has 9 heteroatoms. The molecule has 1 heterocycles. The van der Waals surface area contributed by atoms with Crippen molar-refractivity contribution >= 4 is 29.8 Å². The second-order valence-corrected chi connectivity index (χ2v) is 6.28. The summed E-state index contributed by atoms with van der Waals surface area (Å²) in [5, 5.41) is 3.58. The highest BCUT2D eigenvalue weighted by Crippen LogP contribution is 2.32. The average molecular weight is 396 g/mol. The van der Waals surface area contributed by atoms with Crippen molar-refractivity contribution in [2.24, 2.45) is 10.7 Å².